The van der Waals surface area contributed by atoms with Crippen molar-refractivity contribution in [3.8, 4) is 5.75 Å². The van der Waals surface area contributed by atoms with Crippen molar-refractivity contribution < 1.29 is 9.66 Å². The molecule has 0 saturated heterocycles. The van der Waals surface area contributed by atoms with Crippen LogP contribution in [-0.2, 0) is 0 Å². The highest BCUT2D eigenvalue weighted by molar-refractivity contribution is 6.30. The third kappa shape index (κ3) is 2.01. The van der Waals surface area contributed by atoms with E-state index in [1.165, 1.54) is 13.2 Å². The van der Waals surface area contributed by atoms with E-state index >= 15 is 0 Å². The molecule has 0 aliphatic rings. The number of rotatable bonds is 2. The average Bonchev–Trinajstić information content (AvgIpc) is 2.29. The zero-order valence-corrected chi connectivity index (χ0v) is 9.99. The number of halogens is 1. The van der Waals surface area contributed by atoms with Crippen LogP contribution < -0.4 is 4.74 Å². The minimum Gasteiger partial charge on any atom is -0.496 e. The van der Waals surface area contributed by atoms with Crippen molar-refractivity contribution in [2.24, 2.45) is 0 Å². The molecule has 0 aliphatic carbocycles. The standard InChI is InChI=1S/C11H9ClN2O3/c1-6-3-7-4-8(17-2)5-9(14(15)16)10(7)13-11(6)12/h3-5H,1-2H3. The molecule has 0 amide bonds. The maximum atomic E-state index is 10.9. The van der Waals surface area contributed by atoms with Gasteiger partial charge in [0.05, 0.1) is 18.1 Å². The molecule has 0 aliphatic heterocycles. The highest BCUT2D eigenvalue weighted by Gasteiger charge is 2.17. The third-order valence-electron chi connectivity index (χ3n) is 2.43. The van der Waals surface area contributed by atoms with Crippen molar-refractivity contribution in [2.45, 2.75) is 6.92 Å². The van der Waals surface area contributed by atoms with Crippen LogP contribution in [0.1, 0.15) is 5.56 Å². The topological polar surface area (TPSA) is 65.3 Å². The fourth-order valence-corrected chi connectivity index (χ4v) is 1.72. The van der Waals surface area contributed by atoms with Gasteiger partial charge in [-0.1, -0.05) is 11.6 Å². The Morgan fingerprint density at radius 3 is 2.71 bits per heavy atom. The molecule has 0 radical (unpaired) electrons. The summed E-state index contributed by atoms with van der Waals surface area (Å²) in [5, 5.41) is 11.9. The van der Waals surface area contributed by atoms with Crippen molar-refractivity contribution in [1.29, 1.82) is 0 Å². The van der Waals surface area contributed by atoms with Crippen LogP contribution in [0.25, 0.3) is 10.9 Å². The molecule has 0 fully saturated rings. The Kier molecular flexibility index (Phi) is 2.85. The second-order valence-corrected chi connectivity index (χ2v) is 3.93. The van der Waals surface area contributed by atoms with Gasteiger partial charge in [0, 0.05) is 5.39 Å². The molecule has 0 atom stereocenters. The number of methoxy groups -OCH3 is 1. The molecule has 0 bridgehead atoms. The lowest BCUT2D eigenvalue weighted by atomic mass is 10.1. The van der Waals surface area contributed by atoms with Crippen molar-refractivity contribution in [3.05, 3.63) is 39.0 Å². The van der Waals surface area contributed by atoms with E-state index in [1.807, 2.05) is 0 Å². The first-order valence-corrected chi connectivity index (χ1v) is 5.20. The summed E-state index contributed by atoms with van der Waals surface area (Å²) in [4.78, 5) is 14.5. The maximum Gasteiger partial charge on any atom is 0.299 e. The summed E-state index contributed by atoms with van der Waals surface area (Å²) in [5.74, 6) is 0.424. The number of fused-ring (bicyclic) bond motifs is 1. The van der Waals surface area contributed by atoms with E-state index in [1.54, 1.807) is 19.1 Å². The zero-order chi connectivity index (χ0) is 12.6. The molecule has 0 spiro atoms. The van der Waals surface area contributed by atoms with E-state index in [0.717, 1.165) is 5.56 Å². The van der Waals surface area contributed by atoms with E-state index in [2.05, 4.69) is 4.98 Å². The zero-order valence-electron chi connectivity index (χ0n) is 9.23. The molecule has 2 rings (SSSR count). The lowest BCUT2D eigenvalue weighted by molar-refractivity contribution is -0.383. The molecule has 5 nitrogen and oxygen atoms in total. The van der Waals surface area contributed by atoms with Gasteiger partial charge in [-0.05, 0) is 24.6 Å². The molecule has 88 valence electrons. The van der Waals surface area contributed by atoms with Crippen LogP contribution in [0.5, 0.6) is 5.75 Å². The first-order chi connectivity index (χ1) is 8.02. The Morgan fingerprint density at radius 1 is 1.41 bits per heavy atom. The van der Waals surface area contributed by atoms with Gasteiger partial charge in [0.25, 0.3) is 5.69 Å². The highest BCUT2D eigenvalue weighted by Crippen LogP contribution is 2.31. The van der Waals surface area contributed by atoms with Crippen molar-refractivity contribution >= 4 is 28.2 Å². The van der Waals surface area contributed by atoms with Gasteiger partial charge in [-0.2, -0.15) is 0 Å². The second-order valence-electron chi connectivity index (χ2n) is 3.57. The molecule has 6 heteroatoms. The predicted octanol–water partition coefficient (Wildman–Crippen LogP) is 3.11. The quantitative estimate of drug-likeness (QED) is 0.468. The molecule has 1 heterocycles. The monoisotopic (exact) mass is 252 g/mol. The number of pyridine rings is 1. The van der Waals surface area contributed by atoms with E-state index < -0.39 is 4.92 Å². The van der Waals surface area contributed by atoms with Gasteiger partial charge in [0.15, 0.2) is 0 Å². The number of nitro benzene ring substituents is 1. The number of aryl methyl sites for hydroxylation is 1. The lowest BCUT2D eigenvalue weighted by Gasteiger charge is -2.05. The Labute approximate surface area is 102 Å². The summed E-state index contributed by atoms with van der Waals surface area (Å²) in [6.07, 6.45) is 0. The summed E-state index contributed by atoms with van der Waals surface area (Å²) in [6, 6.07) is 4.78. The minimum atomic E-state index is -0.497. The lowest BCUT2D eigenvalue weighted by Crippen LogP contribution is -1.95. The number of benzene rings is 1. The van der Waals surface area contributed by atoms with Crippen molar-refractivity contribution in [3.63, 3.8) is 0 Å². The number of aromatic nitrogens is 1. The van der Waals surface area contributed by atoms with Crippen LogP contribution in [0.3, 0.4) is 0 Å². The van der Waals surface area contributed by atoms with Crippen LogP contribution in [0.2, 0.25) is 5.15 Å². The number of nitro groups is 1. The predicted molar refractivity (Wildman–Crippen MR) is 64.7 cm³/mol. The minimum absolute atomic E-state index is 0.110. The molecule has 0 saturated carbocycles. The fourth-order valence-electron chi connectivity index (χ4n) is 1.58. The molecule has 1 aromatic carbocycles. The van der Waals surface area contributed by atoms with Gasteiger partial charge in [0.1, 0.15) is 16.4 Å². The smallest absolute Gasteiger partial charge is 0.299 e. The van der Waals surface area contributed by atoms with Crippen LogP contribution in [0.15, 0.2) is 18.2 Å². The third-order valence-corrected chi connectivity index (χ3v) is 2.82. The molecular formula is C11H9ClN2O3. The first kappa shape index (κ1) is 11.6. The van der Waals surface area contributed by atoms with E-state index in [9.17, 15) is 10.1 Å². The number of ether oxygens (including phenoxy) is 1. The summed E-state index contributed by atoms with van der Waals surface area (Å²) in [5.41, 5.74) is 0.925. The van der Waals surface area contributed by atoms with Crippen molar-refractivity contribution in [2.75, 3.05) is 7.11 Å². The number of nitrogens with zero attached hydrogens (tertiary/aromatic N) is 2. The first-order valence-electron chi connectivity index (χ1n) is 4.82. The van der Waals surface area contributed by atoms with Crippen LogP contribution >= 0.6 is 11.6 Å². The van der Waals surface area contributed by atoms with Gasteiger partial charge < -0.3 is 4.74 Å². The Hall–Kier alpha value is -1.88. The van der Waals surface area contributed by atoms with Gasteiger partial charge in [-0.3, -0.25) is 10.1 Å². The van der Waals surface area contributed by atoms with E-state index in [0.29, 0.717) is 11.1 Å². The van der Waals surface area contributed by atoms with Gasteiger partial charge >= 0.3 is 0 Å². The summed E-state index contributed by atoms with van der Waals surface area (Å²) >= 11 is 5.87. The molecular weight excluding hydrogens is 244 g/mol. The highest BCUT2D eigenvalue weighted by atomic mass is 35.5. The van der Waals surface area contributed by atoms with Crippen LogP contribution in [-0.4, -0.2) is 17.0 Å². The van der Waals surface area contributed by atoms with E-state index in [-0.39, 0.29) is 16.4 Å². The van der Waals surface area contributed by atoms with Crippen LogP contribution in [0, 0.1) is 17.0 Å². The number of non-ortho nitro benzene ring substituents is 1. The van der Waals surface area contributed by atoms with E-state index in [4.69, 9.17) is 16.3 Å². The maximum absolute atomic E-state index is 10.9. The molecule has 0 unspecified atom stereocenters. The van der Waals surface area contributed by atoms with Crippen molar-refractivity contribution in [1.82, 2.24) is 4.98 Å². The second kappa shape index (κ2) is 4.18. The van der Waals surface area contributed by atoms with Crippen LogP contribution in [0.4, 0.5) is 5.69 Å². The number of hydrogen-bond donors (Lipinski definition) is 0. The summed E-state index contributed by atoms with van der Waals surface area (Å²) in [7, 11) is 1.46. The molecule has 0 N–H and O–H groups in total. The summed E-state index contributed by atoms with van der Waals surface area (Å²) < 4.78 is 5.02. The van der Waals surface area contributed by atoms with Gasteiger partial charge in [-0.25, -0.2) is 4.98 Å². The average molecular weight is 253 g/mol. The summed E-state index contributed by atoms with van der Waals surface area (Å²) in [6.45, 7) is 1.79. The molecule has 1 aromatic heterocycles. The molecule has 2 aromatic rings. The largest absolute Gasteiger partial charge is 0.496 e. The SMILES string of the molecule is COc1cc([N+](=O)[O-])c2nc(Cl)c(C)cc2c1. The fraction of sp³-hybridized carbons (Fsp3) is 0.182. The van der Waals surface area contributed by atoms with Gasteiger partial charge in [0.2, 0.25) is 0 Å². The Bertz CT molecular complexity index is 613. The Morgan fingerprint density at radius 2 is 2.12 bits per heavy atom. The normalized spacial score (nSPS) is 10.5. The number of hydrogen-bond acceptors (Lipinski definition) is 4. The van der Waals surface area contributed by atoms with Gasteiger partial charge in [-0.15, -0.1) is 0 Å². The molecule has 17 heavy (non-hydrogen) atoms. The Balaban J connectivity index is 2.86.